The Hall–Kier alpha value is -6.06. The summed E-state index contributed by atoms with van der Waals surface area (Å²) in [6, 6.07) is 63.1. The molecule has 0 unspecified atom stereocenters. The summed E-state index contributed by atoms with van der Waals surface area (Å²) in [7, 11) is 0. The monoisotopic (exact) mass is 694 g/mol. The number of hydrogen-bond acceptors (Lipinski definition) is 2. The summed E-state index contributed by atoms with van der Waals surface area (Å²) in [6.45, 7) is 0. The van der Waals surface area contributed by atoms with Gasteiger partial charge in [0.15, 0.2) is 0 Å². The van der Waals surface area contributed by atoms with Gasteiger partial charge in [-0.2, -0.15) is 11.3 Å². The maximum Gasteiger partial charge on any atom is 0.0361 e. The van der Waals surface area contributed by atoms with Crippen molar-refractivity contribution in [3.8, 4) is 44.5 Å². The Balaban J connectivity index is 1.23. The molecule has 2 heterocycles. The van der Waals surface area contributed by atoms with Gasteiger partial charge in [0.25, 0.3) is 0 Å². The normalized spacial score (nSPS) is 11.8. The van der Waals surface area contributed by atoms with Gasteiger partial charge in [0.05, 0.1) is 0 Å². The first-order valence-corrected chi connectivity index (χ1v) is 19.5. The number of thiophene rings is 2. The summed E-state index contributed by atoms with van der Waals surface area (Å²) in [4.78, 5) is 0. The Morgan fingerprint density at radius 3 is 1.35 bits per heavy atom. The lowest BCUT2D eigenvalue weighted by atomic mass is 9.84. The van der Waals surface area contributed by atoms with Gasteiger partial charge in [-0.25, -0.2) is 0 Å². The molecule has 11 rings (SSSR count). The number of fused-ring (bicyclic) bond motifs is 7. The number of rotatable bonds is 4. The van der Waals surface area contributed by atoms with Crippen molar-refractivity contribution in [2.24, 2.45) is 0 Å². The third-order valence-corrected chi connectivity index (χ3v) is 12.6. The smallest absolute Gasteiger partial charge is 0.0361 e. The molecular formula is C50H30S2. The van der Waals surface area contributed by atoms with E-state index in [1.54, 1.807) is 11.3 Å². The molecule has 0 nitrogen and oxygen atoms in total. The van der Waals surface area contributed by atoms with E-state index < -0.39 is 0 Å². The first kappa shape index (κ1) is 29.6. The summed E-state index contributed by atoms with van der Waals surface area (Å²) in [5, 5.41) is 17.4. The maximum atomic E-state index is 2.47. The van der Waals surface area contributed by atoms with Crippen LogP contribution in [0.3, 0.4) is 0 Å². The standard InChI is InChI=1S/C50H30S2/c1-2-13-31(14-3-1)46-34-15-4-6-17-36(34)47(37-18-7-5-16-35(37)46)32-25-26-44-43(29-32)50-42(23-12-24-45(50)52-44)49-40-21-10-8-19-38(40)48(33-27-28-51-30-33)39-20-9-11-22-41(39)49/h1-30H. The van der Waals surface area contributed by atoms with Gasteiger partial charge in [0, 0.05) is 20.2 Å². The second-order valence-electron chi connectivity index (χ2n) is 13.6. The van der Waals surface area contributed by atoms with Crippen LogP contribution in [0.25, 0.3) is 108 Å². The fourth-order valence-corrected chi connectivity index (χ4v) is 10.4. The maximum absolute atomic E-state index is 2.47. The average molecular weight is 695 g/mol. The highest BCUT2D eigenvalue weighted by Gasteiger charge is 2.21. The zero-order valence-electron chi connectivity index (χ0n) is 28.1. The lowest BCUT2D eigenvalue weighted by Gasteiger charge is -2.18. The molecule has 0 bridgehead atoms. The number of hydrogen-bond donors (Lipinski definition) is 0. The van der Waals surface area contributed by atoms with E-state index in [9.17, 15) is 0 Å². The van der Waals surface area contributed by atoms with Gasteiger partial charge in [-0.05, 0) is 123 Å². The fourth-order valence-electron chi connectivity index (χ4n) is 8.68. The van der Waals surface area contributed by atoms with E-state index in [0.29, 0.717) is 0 Å². The first-order chi connectivity index (χ1) is 25.8. The van der Waals surface area contributed by atoms with E-state index >= 15 is 0 Å². The number of benzene rings is 9. The van der Waals surface area contributed by atoms with Crippen LogP contribution in [0, 0.1) is 0 Å². The van der Waals surface area contributed by atoms with E-state index in [4.69, 9.17) is 0 Å². The quantitative estimate of drug-likeness (QED) is 0.161. The lowest BCUT2D eigenvalue weighted by Crippen LogP contribution is -1.91. The highest BCUT2D eigenvalue weighted by molar-refractivity contribution is 7.26. The third-order valence-electron chi connectivity index (χ3n) is 10.8. The molecule has 0 fully saturated rings. The Kier molecular flexibility index (Phi) is 6.70. The highest BCUT2D eigenvalue weighted by Crippen LogP contribution is 2.50. The second-order valence-corrected chi connectivity index (χ2v) is 15.4. The van der Waals surface area contributed by atoms with Gasteiger partial charge in [0.2, 0.25) is 0 Å². The molecule has 0 spiro atoms. The molecule has 0 aliphatic carbocycles. The molecule has 0 saturated carbocycles. The highest BCUT2D eigenvalue weighted by atomic mass is 32.1. The van der Waals surface area contributed by atoms with Crippen molar-refractivity contribution in [2.75, 3.05) is 0 Å². The van der Waals surface area contributed by atoms with Gasteiger partial charge >= 0.3 is 0 Å². The minimum Gasteiger partial charge on any atom is -0.152 e. The first-order valence-electron chi connectivity index (χ1n) is 17.7. The van der Waals surface area contributed by atoms with Gasteiger partial charge in [-0.3, -0.25) is 0 Å². The SMILES string of the molecule is c1ccc(-c2c3ccccc3c(-c3ccc4sc5cccc(-c6c7ccccc7c(-c7ccsc7)c7ccccc67)c5c4c3)c3ccccc23)cc1. The largest absolute Gasteiger partial charge is 0.152 e. The van der Waals surface area contributed by atoms with Crippen LogP contribution >= 0.6 is 22.7 Å². The predicted molar refractivity (Wildman–Crippen MR) is 229 cm³/mol. The zero-order chi connectivity index (χ0) is 34.2. The van der Waals surface area contributed by atoms with Crippen LogP contribution in [0.2, 0.25) is 0 Å². The topological polar surface area (TPSA) is 0 Å². The van der Waals surface area contributed by atoms with Gasteiger partial charge in [0.1, 0.15) is 0 Å². The van der Waals surface area contributed by atoms with Crippen LogP contribution in [0.15, 0.2) is 181 Å². The third kappa shape index (κ3) is 4.38. The van der Waals surface area contributed by atoms with E-state index in [1.165, 1.54) is 108 Å². The summed E-state index contributed by atoms with van der Waals surface area (Å²) in [6.07, 6.45) is 0. The molecule has 0 amide bonds. The minimum absolute atomic E-state index is 1.25. The molecule has 52 heavy (non-hydrogen) atoms. The second kappa shape index (κ2) is 11.7. The summed E-state index contributed by atoms with van der Waals surface area (Å²) < 4.78 is 2.62. The van der Waals surface area contributed by atoms with E-state index in [1.807, 2.05) is 11.3 Å². The molecule has 0 aliphatic heterocycles. The molecular weight excluding hydrogens is 665 g/mol. The Labute approximate surface area is 309 Å². The Morgan fingerprint density at radius 2 is 0.808 bits per heavy atom. The van der Waals surface area contributed by atoms with E-state index in [2.05, 4.69) is 181 Å². The molecule has 2 aromatic heterocycles. The van der Waals surface area contributed by atoms with Crippen LogP contribution in [0.5, 0.6) is 0 Å². The van der Waals surface area contributed by atoms with Crippen molar-refractivity contribution in [1.82, 2.24) is 0 Å². The predicted octanol–water partition coefficient (Wildman–Crippen LogP) is 15.4. The van der Waals surface area contributed by atoms with Crippen molar-refractivity contribution in [2.45, 2.75) is 0 Å². The molecule has 11 aromatic rings. The Morgan fingerprint density at radius 1 is 0.308 bits per heavy atom. The molecule has 0 radical (unpaired) electrons. The van der Waals surface area contributed by atoms with Crippen molar-refractivity contribution in [3.63, 3.8) is 0 Å². The van der Waals surface area contributed by atoms with Gasteiger partial charge < -0.3 is 0 Å². The zero-order valence-corrected chi connectivity index (χ0v) is 29.8. The van der Waals surface area contributed by atoms with Crippen molar-refractivity contribution < 1.29 is 0 Å². The fraction of sp³-hybridized carbons (Fsp3) is 0. The molecule has 0 atom stereocenters. The van der Waals surface area contributed by atoms with Crippen molar-refractivity contribution in [1.29, 1.82) is 0 Å². The summed E-state index contributed by atoms with van der Waals surface area (Å²) in [5.41, 5.74) is 10.3. The molecule has 242 valence electrons. The van der Waals surface area contributed by atoms with Crippen molar-refractivity contribution in [3.05, 3.63) is 181 Å². The van der Waals surface area contributed by atoms with E-state index in [-0.39, 0.29) is 0 Å². The average Bonchev–Trinajstić information content (AvgIpc) is 3.88. The van der Waals surface area contributed by atoms with Crippen molar-refractivity contribution >= 4 is 85.9 Å². The summed E-state index contributed by atoms with van der Waals surface area (Å²) in [5.74, 6) is 0. The van der Waals surface area contributed by atoms with Gasteiger partial charge in [-0.15, -0.1) is 11.3 Å². The molecule has 0 aliphatic rings. The molecule has 0 N–H and O–H groups in total. The lowest BCUT2D eigenvalue weighted by molar-refractivity contribution is 1.66. The molecule has 2 heteroatoms. The Bertz CT molecular complexity index is 3050. The molecule has 0 saturated heterocycles. The van der Waals surface area contributed by atoms with Crippen LogP contribution in [-0.4, -0.2) is 0 Å². The van der Waals surface area contributed by atoms with Crippen LogP contribution in [-0.2, 0) is 0 Å². The minimum atomic E-state index is 1.25. The van der Waals surface area contributed by atoms with Gasteiger partial charge in [-0.1, -0.05) is 146 Å². The van der Waals surface area contributed by atoms with Crippen LogP contribution in [0.4, 0.5) is 0 Å². The molecule has 9 aromatic carbocycles. The van der Waals surface area contributed by atoms with E-state index in [0.717, 1.165) is 0 Å². The summed E-state index contributed by atoms with van der Waals surface area (Å²) >= 11 is 3.65. The van der Waals surface area contributed by atoms with Crippen LogP contribution in [0.1, 0.15) is 0 Å². The van der Waals surface area contributed by atoms with Crippen LogP contribution < -0.4 is 0 Å².